The monoisotopic (exact) mass is 273 g/mol. The number of rotatable bonds is 2. The number of fused-ring (bicyclic) bond motifs is 3. The van der Waals surface area contributed by atoms with E-state index in [-0.39, 0.29) is 11.7 Å². The molecule has 3 aromatic rings. The first-order valence-corrected chi connectivity index (χ1v) is 6.37. The molecule has 104 valence electrons. The van der Waals surface area contributed by atoms with E-state index in [0.717, 1.165) is 11.2 Å². The molecule has 0 aliphatic carbocycles. The predicted octanol–water partition coefficient (Wildman–Crippen LogP) is 2.25. The van der Waals surface area contributed by atoms with E-state index >= 15 is 0 Å². The molecule has 0 amide bonds. The number of carbonyl (C=O) groups is 1. The highest BCUT2D eigenvalue weighted by Crippen LogP contribution is 2.35. The Labute approximate surface area is 115 Å². The Morgan fingerprint density at radius 3 is 3.00 bits per heavy atom. The second kappa shape index (κ2) is 4.26. The topological polar surface area (TPSA) is 80.1 Å². The minimum atomic E-state index is -0.384. The second-order valence-electron chi connectivity index (χ2n) is 4.66. The van der Waals surface area contributed by atoms with Crippen LogP contribution in [0.25, 0.3) is 21.9 Å². The largest absolute Gasteiger partial charge is 0.506 e. The molecule has 0 fully saturated rings. The first-order chi connectivity index (χ1) is 9.56. The molecule has 0 bridgehead atoms. The number of nitrogens with one attached hydrogen (secondary N) is 1. The number of aromatic amines is 1. The summed E-state index contributed by atoms with van der Waals surface area (Å²) < 4.78 is 6.99. The third-order valence-corrected chi connectivity index (χ3v) is 3.61. The lowest BCUT2D eigenvalue weighted by Crippen LogP contribution is -2.06. The third kappa shape index (κ3) is 1.51. The first-order valence-electron chi connectivity index (χ1n) is 6.37. The van der Waals surface area contributed by atoms with E-state index in [0.29, 0.717) is 28.6 Å². The minimum absolute atomic E-state index is 0.0705. The Kier molecular flexibility index (Phi) is 2.67. The average Bonchev–Trinajstić information content (AvgIpc) is 2.96. The number of nitrogens with zero attached hydrogens (tertiary/aromatic N) is 2. The number of phenolic OH excluding ortho intramolecular Hbond substituents is 1. The van der Waals surface area contributed by atoms with Gasteiger partial charge in [0.1, 0.15) is 16.8 Å². The normalized spacial score (nSPS) is 11.3. The van der Waals surface area contributed by atoms with Gasteiger partial charge in [-0.05, 0) is 19.9 Å². The number of aromatic hydroxyl groups is 1. The maximum absolute atomic E-state index is 12.1. The van der Waals surface area contributed by atoms with Crippen LogP contribution in [0.15, 0.2) is 12.4 Å². The van der Waals surface area contributed by atoms with Gasteiger partial charge in [0, 0.05) is 18.1 Å². The van der Waals surface area contributed by atoms with E-state index in [1.165, 1.54) is 6.33 Å². The molecule has 0 radical (unpaired) electrons. The fraction of sp³-hybridized carbons (Fsp3) is 0.286. The van der Waals surface area contributed by atoms with Gasteiger partial charge in [0.25, 0.3) is 0 Å². The van der Waals surface area contributed by atoms with Crippen molar-refractivity contribution in [1.29, 1.82) is 0 Å². The van der Waals surface area contributed by atoms with Gasteiger partial charge in [0.15, 0.2) is 0 Å². The van der Waals surface area contributed by atoms with Crippen molar-refractivity contribution in [3.8, 4) is 5.75 Å². The summed E-state index contributed by atoms with van der Waals surface area (Å²) in [6.45, 7) is 3.93. The number of ether oxygens (including phenoxy) is 1. The number of hydrogen-bond donors (Lipinski definition) is 2. The number of phenols is 1. The van der Waals surface area contributed by atoms with Crippen molar-refractivity contribution in [2.24, 2.45) is 7.05 Å². The lowest BCUT2D eigenvalue weighted by molar-refractivity contribution is 0.0527. The Bertz CT molecular complexity index is 829. The van der Waals surface area contributed by atoms with Gasteiger partial charge in [-0.1, -0.05) is 0 Å². The molecular weight excluding hydrogens is 258 g/mol. The van der Waals surface area contributed by atoms with Crippen LogP contribution in [0.4, 0.5) is 0 Å². The van der Waals surface area contributed by atoms with E-state index in [9.17, 15) is 9.90 Å². The Morgan fingerprint density at radius 2 is 2.30 bits per heavy atom. The molecule has 20 heavy (non-hydrogen) atoms. The van der Waals surface area contributed by atoms with Gasteiger partial charge >= 0.3 is 5.97 Å². The summed E-state index contributed by atoms with van der Waals surface area (Å²) in [4.78, 5) is 19.3. The van der Waals surface area contributed by atoms with Crippen molar-refractivity contribution in [2.75, 3.05) is 6.61 Å². The maximum atomic E-state index is 12.1. The summed E-state index contributed by atoms with van der Waals surface area (Å²) in [6, 6.07) is 1.58. The van der Waals surface area contributed by atoms with Crippen LogP contribution >= 0.6 is 0 Å². The molecule has 6 heteroatoms. The van der Waals surface area contributed by atoms with E-state index in [1.807, 2.05) is 18.5 Å². The van der Waals surface area contributed by atoms with Gasteiger partial charge in [-0.15, -0.1) is 0 Å². The molecular formula is C14H15N3O3. The Balaban J connectivity index is 2.45. The molecule has 2 N–H and O–H groups in total. The van der Waals surface area contributed by atoms with Gasteiger partial charge in [-0.3, -0.25) is 0 Å². The lowest BCUT2D eigenvalue weighted by atomic mass is 10.1. The van der Waals surface area contributed by atoms with Gasteiger partial charge < -0.3 is 19.4 Å². The van der Waals surface area contributed by atoms with Gasteiger partial charge in [-0.2, -0.15) is 0 Å². The molecule has 0 saturated carbocycles. The molecule has 6 nitrogen and oxygen atoms in total. The van der Waals surface area contributed by atoms with Crippen LogP contribution in [0, 0.1) is 6.92 Å². The second-order valence-corrected chi connectivity index (χ2v) is 4.66. The molecule has 0 spiro atoms. The first kappa shape index (κ1) is 12.5. The van der Waals surface area contributed by atoms with Gasteiger partial charge in [0.2, 0.25) is 0 Å². The zero-order chi connectivity index (χ0) is 14.4. The number of aryl methyl sites for hydroxylation is 1. The Hall–Kier alpha value is -2.50. The van der Waals surface area contributed by atoms with E-state index in [4.69, 9.17) is 4.74 Å². The molecule has 0 unspecified atom stereocenters. The van der Waals surface area contributed by atoms with Crippen LogP contribution in [0.1, 0.15) is 23.0 Å². The molecule has 2 heterocycles. The summed E-state index contributed by atoms with van der Waals surface area (Å²) in [5.41, 5.74) is 3.27. The van der Waals surface area contributed by atoms with E-state index in [2.05, 4.69) is 9.97 Å². The fourth-order valence-corrected chi connectivity index (χ4v) is 2.60. The molecule has 3 rings (SSSR count). The summed E-state index contributed by atoms with van der Waals surface area (Å²) in [6.07, 6.45) is 1.52. The number of carbonyl (C=O) groups excluding carboxylic acids is 1. The zero-order valence-corrected chi connectivity index (χ0v) is 11.5. The standard InChI is InChI=1S/C14H15N3O3/c1-4-20-14(19)10-7(2)17(3)13-8(10)5-9(18)11-12(13)16-6-15-11/h5-6,18H,4H2,1-3H3,(H,15,16). The lowest BCUT2D eigenvalue weighted by Gasteiger charge is -2.02. The van der Waals surface area contributed by atoms with Crippen LogP contribution in [0.2, 0.25) is 0 Å². The number of benzene rings is 1. The van der Waals surface area contributed by atoms with Gasteiger partial charge in [-0.25, -0.2) is 9.78 Å². The van der Waals surface area contributed by atoms with Gasteiger partial charge in [0.05, 0.1) is 24.0 Å². The number of imidazole rings is 1. The molecule has 1 aromatic carbocycles. The van der Waals surface area contributed by atoms with Crippen LogP contribution in [0.5, 0.6) is 5.75 Å². The van der Waals surface area contributed by atoms with Crippen LogP contribution < -0.4 is 0 Å². The summed E-state index contributed by atoms with van der Waals surface area (Å²) in [5.74, 6) is -0.314. The number of esters is 1. The highest BCUT2D eigenvalue weighted by Gasteiger charge is 2.23. The zero-order valence-electron chi connectivity index (χ0n) is 11.5. The highest BCUT2D eigenvalue weighted by atomic mass is 16.5. The van der Waals surface area contributed by atoms with E-state index < -0.39 is 0 Å². The number of H-pyrrole nitrogens is 1. The average molecular weight is 273 g/mol. The molecule has 0 atom stereocenters. The smallest absolute Gasteiger partial charge is 0.340 e. The molecule has 2 aromatic heterocycles. The third-order valence-electron chi connectivity index (χ3n) is 3.61. The Morgan fingerprint density at radius 1 is 1.55 bits per heavy atom. The molecule has 0 aliphatic rings. The fourth-order valence-electron chi connectivity index (χ4n) is 2.60. The van der Waals surface area contributed by atoms with Crippen LogP contribution in [0.3, 0.4) is 0 Å². The number of hydrogen-bond acceptors (Lipinski definition) is 4. The molecule has 0 saturated heterocycles. The predicted molar refractivity (Wildman–Crippen MR) is 74.9 cm³/mol. The van der Waals surface area contributed by atoms with Crippen molar-refractivity contribution in [1.82, 2.24) is 14.5 Å². The van der Waals surface area contributed by atoms with Crippen LogP contribution in [-0.2, 0) is 11.8 Å². The van der Waals surface area contributed by atoms with Crippen molar-refractivity contribution >= 4 is 27.9 Å². The number of aromatic nitrogens is 3. The van der Waals surface area contributed by atoms with Crippen molar-refractivity contribution < 1.29 is 14.6 Å². The van der Waals surface area contributed by atoms with Crippen molar-refractivity contribution in [3.05, 3.63) is 23.7 Å². The van der Waals surface area contributed by atoms with Crippen molar-refractivity contribution in [3.63, 3.8) is 0 Å². The molecule has 0 aliphatic heterocycles. The van der Waals surface area contributed by atoms with Crippen LogP contribution in [-0.4, -0.2) is 32.2 Å². The SMILES string of the molecule is CCOC(=O)c1c(C)n(C)c2c1cc(O)c1[nH]cnc12. The quantitative estimate of drug-likeness (QED) is 0.702. The van der Waals surface area contributed by atoms with E-state index in [1.54, 1.807) is 13.0 Å². The van der Waals surface area contributed by atoms with Crippen molar-refractivity contribution in [2.45, 2.75) is 13.8 Å². The summed E-state index contributed by atoms with van der Waals surface area (Å²) in [7, 11) is 1.87. The summed E-state index contributed by atoms with van der Waals surface area (Å²) in [5, 5.41) is 10.7. The maximum Gasteiger partial charge on any atom is 0.340 e. The minimum Gasteiger partial charge on any atom is -0.506 e. The highest BCUT2D eigenvalue weighted by molar-refractivity contribution is 6.14. The summed E-state index contributed by atoms with van der Waals surface area (Å²) >= 11 is 0.